The van der Waals surface area contributed by atoms with E-state index in [4.69, 9.17) is 4.74 Å². The molecule has 30 heavy (non-hydrogen) atoms. The Labute approximate surface area is 176 Å². The maximum absolute atomic E-state index is 13.5. The minimum atomic E-state index is -0.418. The molecule has 0 saturated heterocycles. The van der Waals surface area contributed by atoms with E-state index in [2.05, 4.69) is 16.0 Å². The summed E-state index contributed by atoms with van der Waals surface area (Å²) >= 11 is 0. The molecular formula is C23H28FN3O3. The van der Waals surface area contributed by atoms with Crippen LogP contribution < -0.4 is 20.7 Å². The second kappa shape index (κ2) is 10.6. The first-order valence-corrected chi connectivity index (χ1v) is 10.3. The van der Waals surface area contributed by atoms with E-state index in [1.807, 2.05) is 24.3 Å². The molecule has 3 amide bonds. The van der Waals surface area contributed by atoms with Crippen molar-refractivity contribution >= 4 is 11.9 Å². The van der Waals surface area contributed by atoms with Gasteiger partial charge in [-0.25, -0.2) is 9.18 Å². The highest BCUT2D eigenvalue weighted by molar-refractivity contribution is 5.94. The highest BCUT2D eigenvalue weighted by atomic mass is 19.1. The van der Waals surface area contributed by atoms with E-state index in [1.54, 1.807) is 19.1 Å². The number of nitrogens with one attached hydrogen (secondary N) is 3. The van der Waals surface area contributed by atoms with Gasteiger partial charge in [0.25, 0.3) is 5.91 Å². The fraction of sp³-hybridized carbons (Fsp3) is 0.391. The molecule has 6 nitrogen and oxygen atoms in total. The van der Waals surface area contributed by atoms with Crippen molar-refractivity contribution in [1.29, 1.82) is 0 Å². The molecule has 1 aliphatic carbocycles. The van der Waals surface area contributed by atoms with Gasteiger partial charge in [-0.1, -0.05) is 18.2 Å². The first-order chi connectivity index (χ1) is 14.5. The number of amides is 3. The lowest BCUT2D eigenvalue weighted by Crippen LogP contribution is -2.40. The van der Waals surface area contributed by atoms with Crippen LogP contribution in [0.15, 0.2) is 42.5 Å². The van der Waals surface area contributed by atoms with Crippen LogP contribution in [-0.4, -0.2) is 31.1 Å². The highest BCUT2D eigenvalue weighted by Gasteiger charge is 2.16. The summed E-state index contributed by atoms with van der Waals surface area (Å²) in [6.07, 6.45) is 5.02. The maximum atomic E-state index is 13.5. The molecule has 0 spiro atoms. The van der Waals surface area contributed by atoms with Gasteiger partial charge in [0.05, 0.1) is 6.10 Å². The second-order valence-corrected chi connectivity index (χ2v) is 7.50. The topological polar surface area (TPSA) is 79.5 Å². The van der Waals surface area contributed by atoms with Gasteiger partial charge in [0.1, 0.15) is 11.6 Å². The van der Waals surface area contributed by atoms with Crippen LogP contribution in [0.2, 0.25) is 0 Å². The third-order valence-electron chi connectivity index (χ3n) is 5.11. The number of hydrogen-bond acceptors (Lipinski definition) is 3. The Morgan fingerprint density at radius 1 is 1.00 bits per heavy atom. The number of carbonyl (C=O) groups is 2. The number of carbonyl (C=O) groups excluding carboxylic acids is 2. The number of hydrogen-bond donors (Lipinski definition) is 3. The Bertz CT molecular complexity index is 864. The molecule has 160 valence electrons. The molecule has 2 aromatic rings. The molecule has 0 bridgehead atoms. The van der Waals surface area contributed by atoms with Crippen LogP contribution in [0, 0.1) is 12.7 Å². The maximum Gasteiger partial charge on any atom is 0.315 e. The van der Waals surface area contributed by atoms with E-state index in [1.165, 1.54) is 18.9 Å². The molecule has 0 unspecified atom stereocenters. The van der Waals surface area contributed by atoms with Crippen molar-refractivity contribution in [3.63, 3.8) is 0 Å². The third kappa shape index (κ3) is 6.47. The van der Waals surface area contributed by atoms with Crippen LogP contribution in [-0.2, 0) is 6.54 Å². The van der Waals surface area contributed by atoms with Gasteiger partial charge >= 0.3 is 6.03 Å². The van der Waals surface area contributed by atoms with Gasteiger partial charge in [0, 0.05) is 25.2 Å². The molecular weight excluding hydrogens is 385 g/mol. The Hall–Kier alpha value is -3.09. The first-order valence-electron chi connectivity index (χ1n) is 10.3. The molecule has 0 radical (unpaired) electrons. The Morgan fingerprint density at radius 2 is 1.70 bits per heavy atom. The highest BCUT2D eigenvalue weighted by Crippen LogP contribution is 2.24. The van der Waals surface area contributed by atoms with Crippen LogP contribution in [0.3, 0.4) is 0 Å². The Kier molecular flexibility index (Phi) is 7.65. The van der Waals surface area contributed by atoms with Crippen LogP contribution in [0.1, 0.15) is 47.2 Å². The fourth-order valence-electron chi connectivity index (χ4n) is 3.32. The zero-order valence-electron chi connectivity index (χ0n) is 17.2. The van der Waals surface area contributed by atoms with E-state index in [-0.39, 0.29) is 30.6 Å². The lowest BCUT2D eigenvalue weighted by atomic mass is 10.1. The summed E-state index contributed by atoms with van der Waals surface area (Å²) in [6, 6.07) is 11.7. The molecule has 0 aliphatic heterocycles. The minimum absolute atomic E-state index is 0.245. The van der Waals surface area contributed by atoms with Crippen molar-refractivity contribution in [1.82, 2.24) is 16.0 Å². The molecule has 0 aromatic heterocycles. The van der Waals surface area contributed by atoms with E-state index in [9.17, 15) is 14.0 Å². The zero-order valence-corrected chi connectivity index (χ0v) is 17.2. The molecule has 1 aliphatic rings. The van der Waals surface area contributed by atoms with Crippen molar-refractivity contribution in [3.8, 4) is 5.75 Å². The van der Waals surface area contributed by atoms with E-state index < -0.39 is 5.82 Å². The van der Waals surface area contributed by atoms with Gasteiger partial charge in [0.15, 0.2) is 0 Å². The average Bonchev–Trinajstić information content (AvgIpc) is 3.25. The minimum Gasteiger partial charge on any atom is -0.490 e. The SMILES string of the molecule is Cc1ccc(C(=O)NCCNC(=O)NCc2ccc(OC3CCCC3)cc2)cc1F. The summed E-state index contributed by atoms with van der Waals surface area (Å²) in [4.78, 5) is 23.9. The summed E-state index contributed by atoms with van der Waals surface area (Å²) < 4.78 is 19.4. The van der Waals surface area contributed by atoms with Gasteiger partial charge in [0.2, 0.25) is 0 Å². The summed E-state index contributed by atoms with van der Waals surface area (Å²) in [6.45, 7) is 2.54. The quantitative estimate of drug-likeness (QED) is 0.578. The molecule has 3 N–H and O–H groups in total. The van der Waals surface area contributed by atoms with Crippen LogP contribution in [0.25, 0.3) is 0 Å². The molecule has 0 atom stereocenters. The van der Waals surface area contributed by atoms with Crippen LogP contribution >= 0.6 is 0 Å². The lowest BCUT2D eigenvalue weighted by molar-refractivity contribution is 0.0953. The largest absolute Gasteiger partial charge is 0.490 e. The van der Waals surface area contributed by atoms with Crippen LogP contribution in [0.5, 0.6) is 5.75 Å². The molecule has 2 aromatic carbocycles. The molecule has 7 heteroatoms. The summed E-state index contributed by atoms with van der Waals surface area (Å²) in [5, 5.41) is 8.10. The van der Waals surface area contributed by atoms with Crippen molar-refractivity contribution < 1.29 is 18.7 Å². The number of urea groups is 1. The summed E-state index contributed by atoms with van der Waals surface area (Å²) in [5.74, 6) is 0.0635. The molecule has 0 heterocycles. The van der Waals surface area contributed by atoms with Gasteiger partial charge in [-0.05, 0) is 68.0 Å². The number of halogens is 1. The molecule has 1 saturated carbocycles. The van der Waals surface area contributed by atoms with Crippen molar-refractivity contribution in [3.05, 3.63) is 65.0 Å². The molecule has 1 fully saturated rings. The summed E-state index contributed by atoms with van der Waals surface area (Å²) in [7, 11) is 0. The fourth-order valence-corrected chi connectivity index (χ4v) is 3.32. The van der Waals surface area contributed by atoms with Crippen molar-refractivity contribution in [2.75, 3.05) is 13.1 Å². The van der Waals surface area contributed by atoms with Gasteiger partial charge < -0.3 is 20.7 Å². The summed E-state index contributed by atoms with van der Waals surface area (Å²) in [5.41, 5.74) is 1.71. The predicted octanol–water partition coefficient (Wildman–Crippen LogP) is 3.68. The number of rotatable bonds is 8. The first kappa shape index (κ1) is 21.6. The third-order valence-corrected chi connectivity index (χ3v) is 5.11. The normalized spacial score (nSPS) is 13.7. The van der Waals surface area contributed by atoms with E-state index in [0.29, 0.717) is 18.2 Å². The monoisotopic (exact) mass is 413 g/mol. The Balaban J connectivity index is 1.31. The predicted molar refractivity (Wildman–Crippen MR) is 113 cm³/mol. The van der Waals surface area contributed by atoms with Gasteiger partial charge in [-0.3, -0.25) is 4.79 Å². The van der Waals surface area contributed by atoms with Crippen LogP contribution in [0.4, 0.5) is 9.18 Å². The van der Waals surface area contributed by atoms with Gasteiger partial charge in [-0.2, -0.15) is 0 Å². The van der Waals surface area contributed by atoms with Crippen molar-refractivity contribution in [2.45, 2.75) is 45.3 Å². The van der Waals surface area contributed by atoms with Crippen molar-refractivity contribution in [2.24, 2.45) is 0 Å². The molecule has 3 rings (SSSR count). The smallest absolute Gasteiger partial charge is 0.315 e. The number of aryl methyl sites for hydroxylation is 1. The lowest BCUT2D eigenvalue weighted by Gasteiger charge is -2.13. The van der Waals surface area contributed by atoms with E-state index >= 15 is 0 Å². The number of ether oxygens (including phenoxy) is 1. The standard InChI is InChI=1S/C23H28FN3O3/c1-16-6-9-18(14-21(16)24)22(28)25-12-13-26-23(29)27-15-17-7-10-20(11-8-17)30-19-4-2-3-5-19/h6-11,14,19H,2-5,12-13,15H2,1H3,(H,25,28)(H2,26,27,29). The van der Waals surface area contributed by atoms with Gasteiger partial charge in [-0.15, -0.1) is 0 Å². The van der Waals surface area contributed by atoms with E-state index in [0.717, 1.165) is 24.2 Å². The second-order valence-electron chi connectivity index (χ2n) is 7.50. The number of benzene rings is 2. The average molecular weight is 413 g/mol. The zero-order chi connectivity index (χ0) is 21.3. The Morgan fingerprint density at radius 3 is 2.40 bits per heavy atom.